The van der Waals surface area contributed by atoms with Gasteiger partial charge >= 0.3 is 0 Å². The van der Waals surface area contributed by atoms with Gasteiger partial charge in [0.25, 0.3) is 0 Å². The molecule has 0 aliphatic heterocycles. The Kier molecular flexibility index (Phi) is 4.05. The molecule has 3 N–H and O–H groups in total. The van der Waals surface area contributed by atoms with Gasteiger partial charge in [-0.15, -0.1) is 0 Å². The average Bonchev–Trinajstić information content (AvgIpc) is 2.28. The summed E-state index contributed by atoms with van der Waals surface area (Å²) in [4.78, 5) is 8.03. The maximum Gasteiger partial charge on any atom is 0.223 e. The minimum atomic E-state index is 0.226. The van der Waals surface area contributed by atoms with Crippen LogP contribution < -0.4 is 11.1 Å². The minimum Gasteiger partial charge on any atom is -0.368 e. The summed E-state index contributed by atoms with van der Waals surface area (Å²) in [5, 5.41) is 3.84. The lowest BCUT2D eigenvalue weighted by Gasteiger charge is -2.31. The number of nitrogens with two attached hydrogens (primary N) is 1. The Morgan fingerprint density at radius 3 is 2.88 bits per heavy atom. The van der Waals surface area contributed by atoms with Gasteiger partial charge in [-0.05, 0) is 18.8 Å². The molecule has 2 atom stereocenters. The van der Waals surface area contributed by atoms with E-state index >= 15 is 0 Å². The van der Waals surface area contributed by atoms with E-state index in [9.17, 15) is 0 Å². The molecule has 0 amide bonds. The molecular weight excluding hydrogens is 236 g/mol. The third-order valence-corrected chi connectivity index (χ3v) is 3.67. The van der Waals surface area contributed by atoms with Gasteiger partial charge in [-0.2, -0.15) is 4.98 Å². The van der Waals surface area contributed by atoms with Crippen molar-refractivity contribution in [2.75, 3.05) is 11.1 Å². The van der Waals surface area contributed by atoms with Crippen LogP contribution in [0, 0.1) is 5.92 Å². The summed E-state index contributed by atoms with van der Waals surface area (Å²) in [5.41, 5.74) is 5.59. The second-order valence-corrected chi connectivity index (χ2v) is 5.02. The van der Waals surface area contributed by atoms with Crippen molar-refractivity contribution in [3.05, 3.63) is 11.2 Å². The van der Waals surface area contributed by atoms with Gasteiger partial charge in [0.15, 0.2) is 0 Å². The lowest BCUT2D eigenvalue weighted by atomic mass is 9.83. The molecule has 2 rings (SSSR count). The zero-order valence-electron chi connectivity index (χ0n) is 10.1. The molecule has 17 heavy (non-hydrogen) atoms. The third-order valence-electron chi connectivity index (χ3n) is 3.48. The van der Waals surface area contributed by atoms with E-state index in [2.05, 4.69) is 22.2 Å². The van der Waals surface area contributed by atoms with Gasteiger partial charge in [0.1, 0.15) is 11.0 Å². The van der Waals surface area contributed by atoms with E-state index in [-0.39, 0.29) is 5.95 Å². The largest absolute Gasteiger partial charge is 0.368 e. The Hall–Kier alpha value is -1.03. The summed E-state index contributed by atoms with van der Waals surface area (Å²) < 4.78 is 0. The molecule has 1 aliphatic carbocycles. The van der Waals surface area contributed by atoms with Crippen molar-refractivity contribution in [3.63, 3.8) is 0 Å². The fourth-order valence-electron chi connectivity index (χ4n) is 2.59. The topological polar surface area (TPSA) is 63.8 Å². The van der Waals surface area contributed by atoms with Gasteiger partial charge in [0.2, 0.25) is 5.95 Å². The molecule has 1 saturated carbocycles. The Bertz CT molecular complexity index is 363. The van der Waals surface area contributed by atoms with E-state index in [1.54, 1.807) is 6.07 Å². The Morgan fingerprint density at radius 1 is 1.41 bits per heavy atom. The first-order valence-electron chi connectivity index (χ1n) is 6.25. The number of rotatable bonds is 3. The van der Waals surface area contributed by atoms with E-state index in [0.717, 1.165) is 11.7 Å². The van der Waals surface area contributed by atoms with Crippen LogP contribution in [0.25, 0.3) is 0 Å². The molecule has 1 aliphatic rings. The summed E-state index contributed by atoms with van der Waals surface area (Å²) in [6.45, 7) is 2.24. The number of nitrogen functional groups attached to an aromatic ring is 1. The fraction of sp³-hybridized carbons (Fsp3) is 0.667. The quantitative estimate of drug-likeness (QED) is 0.814. The van der Waals surface area contributed by atoms with Crippen molar-refractivity contribution >= 4 is 23.4 Å². The van der Waals surface area contributed by atoms with Crippen molar-refractivity contribution in [1.29, 1.82) is 0 Å². The van der Waals surface area contributed by atoms with Crippen molar-refractivity contribution in [1.82, 2.24) is 9.97 Å². The zero-order chi connectivity index (χ0) is 12.3. The maximum absolute atomic E-state index is 5.87. The molecule has 1 fully saturated rings. The summed E-state index contributed by atoms with van der Waals surface area (Å²) in [5.74, 6) is 1.69. The average molecular weight is 255 g/mol. The first-order valence-corrected chi connectivity index (χ1v) is 6.63. The number of aromatic nitrogens is 2. The predicted octanol–water partition coefficient (Wildman–Crippen LogP) is 3.09. The number of nitrogens with zero attached hydrogens (tertiary/aromatic N) is 2. The highest BCUT2D eigenvalue weighted by molar-refractivity contribution is 6.29. The molecule has 0 saturated heterocycles. The summed E-state index contributed by atoms with van der Waals surface area (Å²) in [7, 11) is 0. The Balaban J connectivity index is 2.08. The number of nitrogens with one attached hydrogen (secondary N) is 1. The Labute approximate surface area is 107 Å². The van der Waals surface area contributed by atoms with Crippen LogP contribution in [0.5, 0.6) is 0 Å². The van der Waals surface area contributed by atoms with Crippen LogP contribution in [-0.2, 0) is 0 Å². The summed E-state index contributed by atoms with van der Waals surface area (Å²) in [6, 6.07) is 2.22. The zero-order valence-corrected chi connectivity index (χ0v) is 10.9. The molecule has 0 aromatic carbocycles. The lowest BCUT2D eigenvalue weighted by molar-refractivity contribution is 0.317. The SMILES string of the molecule is CCC1CCCCC1Nc1cc(Cl)nc(N)n1. The van der Waals surface area contributed by atoms with Gasteiger partial charge in [0.05, 0.1) is 0 Å². The number of anilines is 2. The first-order chi connectivity index (χ1) is 8.19. The van der Waals surface area contributed by atoms with E-state index in [1.807, 2.05) is 0 Å². The van der Waals surface area contributed by atoms with Crippen LogP contribution in [0.2, 0.25) is 5.15 Å². The molecule has 0 bridgehead atoms. The number of halogens is 1. The van der Waals surface area contributed by atoms with E-state index in [0.29, 0.717) is 11.2 Å². The maximum atomic E-state index is 5.87. The van der Waals surface area contributed by atoms with Crippen LogP contribution in [0.4, 0.5) is 11.8 Å². The number of hydrogen-bond acceptors (Lipinski definition) is 4. The molecule has 5 heteroatoms. The molecule has 0 spiro atoms. The molecule has 0 radical (unpaired) electrons. The van der Waals surface area contributed by atoms with Crippen LogP contribution in [0.1, 0.15) is 39.0 Å². The fourth-order valence-corrected chi connectivity index (χ4v) is 2.78. The smallest absolute Gasteiger partial charge is 0.223 e. The standard InChI is InChI=1S/C12H19ClN4/c1-2-8-5-3-4-6-9(8)15-11-7-10(13)16-12(14)17-11/h7-9H,2-6H2,1H3,(H3,14,15,16,17). The molecule has 94 valence electrons. The van der Waals surface area contributed by atoms with Crippen molar-refractivity contribution in [2.45, 2.75) is 45.1 Å². The van der Waals surface area contributed by atoms with Gasteiger partial charge < -0.3 is 11.1 Å². The molecule has 1 aromatic rings. The first kappa shape index (κ1) is 12.4. The van der Waals surface area contributed by atoms with Crippen LogP contribution in [0.3, 0.4) is 0 Å². The lowest BCUT2D eigenvalue weighted by Crippen LogP contribution is -2.32. The summed E-state index contributed by atoms with van der Waals surface area (Å²) >= 11 is 5.87. The highest BCUT2D eigenvalue weighted by Gasteiger charge is 2.23. The third kappa shape index (κ3) is 3.22. The van der Waals surface area contributed by atoms with Gasteiger partial charge in [0, 0.05) is 12.1 Å². The number of hydrogen-bond donors (Lipinski definition) is 2. The van der Waals surface area contributed by atoms with Crippen LogP contribution in [-0.4, -0.2) is 16.0 Å². The molecular formula is C12H19ClN4. The predicted molar refractivity (Wildman–Crippen MR) is 71.1 cm³/mol. The van der Waals surface area contributed by atoms with Crippen molar-refractivity contribution in [3.8, 4) is 0 Å². The van der Waals surface area contributed by atoms with Crippen LogP contribution in [0.15, 0.2) is 6.07 Å². The van der Waals surface area contributed by atoms with Crippen molar-refractivity contribution < 1.29 is 0 Å². The minimum absolute atomic E-state index is 0.226. The monoisotopic (exact) mass is 254 g/mol. The van der Waals surface area contributed by atoms with Gasteiger partial charge in [-0.3, -0.25) is 0 Å². The van der Waals surface area contributed by atoms with E-state index in [1.165, 1.54) is 32.1 Å². The normalized spacial score (nSPS) is 24.6. The van der Waals surface area contributed by atoms with E-state index < -0.39 is 0 Å². The molecule has 4 nitrogen and oxygen atoms in total. The van der Waals surface area contributed by atoms with Gasteiger partial charge in [-0.1, -0.05) is 37.8 Å². The highest BCUT2D eigenvalue weighted by atomic mass is 35.5. The van der Waals surface area contributed by atoms with E-state index in [4.69, 9.17) is 17.3 Å². The van der Waals surface area contributed by atoms with Crippen LogP contribution >= 0.6 is 11.6 Å². The highest BCUT2D eigenvalue weighted by Crippen LogP contribution is 2.29. The summed E-state index contributed by atoms with van der Waals surface area (Å²) in [6.07, 6.45) is 6.31. The molecule has 1 heterocycles. The van der Waals surface area contributed by atoms with Gasteiger partial charge in [-0.25, -0.2) is 4.98 Å². The molecule has 2 unspecified atom stereocenters. The second-order valence-electron chi connectivity index (χ2n) is 4.64. The molecule has 1 aromatic heterocycles. The van der Waals surface area contributed by atoms with Crippen molar-refractivity contribution in [2.24, 2.45) is 5.92 Å². The second kappa shape index (κ2) is 5.54. The Morgan fingerprint density at radius 2 is 2.18 bits per heavy atom.